The lowest BCUT2D eigenvalue weighted by Crippen LogP contribution is -1.98. The second kappa shape index (κ2) is 5.01. The molecule has 0 radical (unpaired) electrons. The van der Waals surface area contributed by atoms with E-state index in [-0.39, 0.29) is 10.9 Å². The molecule has 88 valence electrons. The molecule has 4 nitrogen and oxygen atoms in total. The second-order valence-electron chi connectivity index (χ2n) is 3.30. The molecule has 1 heterocycles. The highest BCUT2D eigenvalue weighted by Crippen LogP contribution is 2.28. The van der Waals surface area contributed by atoms with Crippen LogP contribution in [-0.4, -0.2) is 21.7 Å². The number of aromatic hydroxyl groups is 1. The van der Waals surface area contributed by atoms with E-state index in [1.807, 2.05) is 6.92 Å². The molecular weight excluding hydrogens is 240 g/mol. The van der Waals surface area contributed by atoms with E-state index >= 15 is 0 Å². The third kappa shape index (κ3) is 2.65. The standard InChI is InChI=1S/C12H11ClN2O2/c1-2-17-11-7-10(13)14-12(15-11)8-5-3-4-6-9(8)16/h3-7,16H,2H2,1H3. The minimum atomic E-state index is 0.109. The summed E-state index contributed by atoms with van der Waals surface area (Å²) < 4.78 is 5.27. The van der Waals surface area contributed by atoms with Gasteiger partial charge in [0.05, 0.1) is 12.2 Å². The summed E-state index contributed by atoms with van der Waals surface area (Å²) in [5, 5.41) is 9.99. The Labute approximate surface area is 104 Å². The molecule has 1 aromatic heterocycles. The molecular formula is C12H11ClN2O2. The van der Waals surface area contributed by atoms with Gasteiger partial charge in [-0.2, -0.15) is 4.98 Å². The van der Waals surface area contributed by atoms with Gasteiger partial charge in [-0.25, -0.2) is 4.98 Å². The van der Waals surface area contributed by atoms with E-state index in [0.29, 0.717) is 23.9 Å². The average molecular weight is 251 g/mol. The number of phenols is 1. The normalized spacial score (nSPS) is 10.2. The van der Waals surface area contributed by atoms with Crippen LogP contribution in [0.15, 0.2) is 30.3 Å². The van der Waals surface area contributed by atoms with E-state index in [0.717, 1.165) is 0 Å². The number of nitrogens with zero attached hydrogens (tertiary/aromatic N) is 2. The van der Waals surface area contributed by atoms with Gasteiger partial charge in [-0.1, -0.05) is 23.7 Å². The highest BCUT2D eigenvalue weighted by molar-refractivity contribution is 6.29. The third-order valence-corrected chi connectivity index (χ3v) is 2.30. The fourth-order valence-electron chi connectivity index (χ4n) is 1.40. The first-order chi connectivity index (χ1) is 8.20. The Morgan fingerprint density at radius 1 is 1.29 bits per heavy atom. The van der Waals surface area contributed by atoms with Crippen molar-refractivity contribution >= 4 is 11.6 Å². The lowest BCUT2D eigenvalue weighted by molar-refractivity contribution is 0.326. The van der Waals surface area contributed by atoms with E-state index < -0.39 is 0 Å². The summed E-state index contributed by atoms with van der Waals surface area (Å²) in [5.74, 6) is 0.849. The summed E-state index contributed by atoms with van der Waals surface area (Å²) in [6.07, 6.45) is 0. The molecule has 2 rings (SSSR count). The van der Waals surface area contributed by atoms with E-state index in [1.54, 1.807) is 24.3 Å². The number of halogens is 1. The summed E-state index contributed by atoms with van der Waals surface area (Å²) in [6, 6.07) is 8.34. The van der Waals surface area contributed by atoms with Crippen LogP contribution in [0.1, 0.15) is 6.92 Å². The van der Waals surface area contributed by atoms with Crippen molar-refractivity contribution in [3.05, 3.63) is 35.5 Å². The molecule has 1 aromatic carbocycles. The number of aromatic nitrogens is 2. The quantitative estimate of drug-likeness (QED) is 0.851. The van der Waals surface area contributed by atoms with Gasteiger partial charge in [-0.05, 0) is 19.1 Å². The van der Waals surface area contributed by atoms with Crippen molar-refractivity contribution in [2.45, 2.75) is 6.92 Å². The van der Waals surface area contributed by atoms with Gasteiger partial charge in [0, 0.05) is 6.07 Å². The van der Waals surface area contributed by atoms with Gasteiger partial charge < -0.3 is 9.84 Å². The minimum Gasteiger partial charge on any atom is -0.507 e. The molecule has 0 saturated heterocycles. The molecule has 0 spiro atoms. The average Bonchev–Trinajstić information content (AvgIpc) is 2.29. The number of rotatable bonds is 3. The van der Waals surface area contributed by atoms with Gasteiger partial charge in [0.2, 0.25) is 5.88 Å². The summed E-state index contributed by atoms with van der Waals surface area (Å²) >= 11 is 5.88. The maximum atomic E-state index is 9.71. The van der Waals surface area contributed by atoms with Crippen molar-refractivity contribution in [3.63, 3.8) is 0 Å². The zero-order valence-corrected chi connectivity index (χ0v) is 9.98. The number of ether oxygens (including phenoxy) is 1. The van der Waals surface area contributed by atoms with Gasteiger partial charge in [-0.3, -0.25) is 0 Å². The van der Waals surface area contributed by atoms with Crippen LogP contribution in [0.5, 0.6) is 11.6 Å². The molecule has 0 saturated carbocycles. The monoisotopic (exact) mass is 250 g/mol. The van der Waals surface area contributed by atoms with Crippen LogP contribution < -0.4 is 4.74 Å². The molecule has 5 heteroatoms. The molecule has 0 fully saturated rings. The van der Waals surface area contributed by atoms with Crippen LogP contribution in [0.25, 0.3) is 11.4 Å². The van der Waals surface area contributed by atoms with Gasteiger partial charge in [0.1, 0.15) is 10.9 Å². The van der Waals surface area contributed by atoms with Crippen molar-refractivity contribution < 1.29 is 9.84 Å². The zero-order valence-electron chi connectivity index (χ0n) is 9.22. The van der Waals surface area contributed by atoms with Crippen molar-refractivity contribution in [1.29, 1.82) is 0 Å². The number of benzene rings is 1. The Morgan fingerprint density at radius 3 is 2.76 bits per heavy atom. The lowest BCUT2D eigenvalue weighted by Gasteiger charge is -2.06. The Bertz CT molecular complexity index is 532. The molecule has 0 aliphatic carbocycles. The molecule has 0 bridgehead atoms. The molecule has 2 aromatic rings. The molecule has 0 unspecified atom stereocenters. The number of phenolic OH excluding ortho intramolecular Hbond substituents is 1. The van der Waals surface area contributed by atoms with Crippen molar-refractivity contribution in [2.75, 3.05) is 6.61 Å². The minimum absolute atomic E-state index is 0.109. The highest BCUT2D eigenvalue weighted by atomic mass is 35.5. The van der Waals surface area contributed by atoms with E-state index in [2.05, 4.69) is 9.97 Å². The van der Waals surface area contributed by atoms with Gasteiger partial charge in [0.15, 0.2) is 5.82 Å². The fraction of sp³-hybridized carbons (Fsp3) is 0.167. The maximum absolute atomic E-state index is 9.71. The lowest BCUT2D eigenvalue weighted by atomic mass is 10.2. The van der Waals surface area contributed by atoms with Gasteiger partial charge in [-0.15, -0.1) is 0 Å². The topological polar surface area (TPSA) is 55.2 Å². The highest BCUT2D eigenvalue weighted by Gasteiger charge is 2.09. The second-order valence-corrected chi connectivity index (χ2v) is 3.69. The van der Waals surface area contributed by atoms with Crippen molar-refractivity contribution in [3.8, 4) is 23.0 Å². The smallest absolute Gasteiger partial charge is 0.218 e. The van der Waals surface area contributed by atoms with Gasteiger partial charge in [0.25, 0.3) is 0 Å². The number of hydrogen-bond acceptors (Lipinski definition) is 4. The molecule has 0 aliphatic heterocycles. The molecule has 0 amide bonds. The van der Waals surface area contributed by atoms with E-state index in [9.17, 15) is 5.11 Å². The van der Waals surface area contributed by atoms with E-state index in [4.69, 9.17) is 16.3 Å². The molecule has 0 aliphatic rings. The molecule has 1 N–H and O–H groups in total. The number of hydrogen-bond donors (Lipinski definition) is 1. The fourth-order valence-corrected chi connectivity index (χ4v) is 1.58. The van der Waals surface area contributed by atoms with Crippen LogP contribution in [-0.2, 0) is 0 Å². The predicted molar refractivity (Wildman–Crippen MR) is 65.3 cm³/mol. The number of para-hydroxylation sites is 1. The Hall–Kier alpha value is -1.81. The Balaban J connectivity index is 2.48. The summed E-state index contributed by atoms with van der Waals surface area (Å²) in [6.45, 7) is 2.35. The first-order valence-corrected chi connectivity index (χ1v) is 5.54. The van der Waals surface area contributed by atoms with Crippen LogP contribution in [0, 0.1) is 0 Å². The molecule has 0 atom stereocenters. The molecule has 17 heavy (non-hydrogen) atoms. The zero-order chi connectivity index (χ0) is 12.3. The maximum Gasteiger partial charge on any atom is 0.218 e. The van der Waals surface area contributed by atoms with Crippen LogP contribution >= 0.6 is 11.6 Å². The summed E-state index contributed by atoms with van der Waals surface area (Å²) in [5.41, 5.74) is 0.524. The SMILES string of the molecule is CCOc1cc(Cl)nc(-c2ccccc2O)n1. The van der Waals surface area contributed by atoms with Crippen molar-refractivity contribution in [1.82, 2.24) is 9.97 Å². The van der Waals surface area contributed by atoms with E-state index in [1.165, 1.54) is 6.07 Å². The first kappa shape index (κ1) is 11.7. The van der Waals surface area contributed by atoms with Gasteiger partial charge >= 0.3 is 0 Å². The largest absolute Gasteiger partial charge is 0.507 e. The summed E-state index contributed by atoms with van der Waals surface area (Å²) in [4.78, 5) is 8.24. The Kier molecular flexibility index (Phi) is 3.44. The third-order valence-electron chi connectivity index (χ3n) is 2.11. The first-order valence-electron chi connectivity index (χ1n) is 5.16. The Morgan fingerprint density at radius 2 is 2.06 bits per heavy atom. The summed E-state index contributed by atoms with van der Waals surface area (Å²) in [7, 11) is 0. The predicted octanol–water partition coefficient (Wildman–Crippen LogP) is 2.90. The van der Waals surface area contributed by atoms with Crippen molar-refractivity contribution in [2.24, 2.45) is 0 Å². The van der Waals surface area contributed by atoms with Crippen LogP contribution in [0.4, 0.5) is 0 Å². The van der Waals surface area contributed by atoms with Crippen LogP contribution in [0.2, 0.25) is 5.15 Å². The van der Waals surface area contributed by atoms with Crippen LogP contribution in [0.3, 0.4) is 0 Å².